The molecule has 3 rings (SSSR count). The average molecular weight is 386 g/mol. The summed E-state index contributed by atoms with van der Waals surface area (Å²) in [5.74, 6) is -1.95. The Hall–Kier alpha value is -2.87. The number of carbonyl (C=O) groups excluding carboxylic acids is 3. The van der Waals surface area contributed by atoms with Crippen molar-refractivity contribution in [3.63, 3.8) is 0 Å². The highest BCUT2D eigenvalue weighted by atomic mass is 32.1. The Morgan fingerprint density at radius 3 is 2.44 bits per heavy atom. The van der Waals surface area contributed by atoms with Gasteiger partial charge in [0.1, 0.15) is 0 Å². The zero-order valence-corrected chi connectivity index (χ0v) is 15.7. The van der Waals surface area contributed by atoms with Gasteiger partial charge in [0.25, 0.3) is 0 Å². The lowest BCUT2D eigenvalue weighted by Gasteiger charge is -2.21. The van der Waals surface area contributed by atoms with E-state index in [0.29, 0.717) is 12.2 Å². The van der Waals surface area contributed by atoms with Crippen LogP contribution < -0.4 is 20.9 Å². The fraction of sp³-hybridized carbons (Fsp3) is 0.316. The zero-order chi connectivity index (χ0) is 19.1. The highest BCUT2D eigenvalue weighted by molar-refractivity contribution is 7.09. The second-order valence-corrected chi connectivity index (χ2v) is 7.24. The molecule has 3 amide bonds. The summed E-state index contributed by atoms with van der Waals surface area (Å²) in [7, 11) is 0. The van der Waals surface area contributed by atoms with Crippen molar-refractivity contribution in [3.05, 3.63) is 46.7 Å². The number of para-hydroxylation sites is 2. The zero-order valence-electron chi connectivity index (χ0n) is 14.9. The summed E-state index contributed by atoms with van der Waals surface area (Å²) in [6.07, 6.45) is 2.28. The Morgan fingerprint density at radius 1 is 0.963 bits per heavy atom. The summed E-state index contributed by atoms with van der Waals surface area (Å²) in [6.45, 7) is 1.96. The summed E-state index contributed by atoms with van der Waals surface area (Å²) in [5, 5.41) is 9.58. The summed E-state index contributed by atoms with van der Waals surface area (Å²) in [4.78, 5) is 39.0. The van der Waals surface area contributed by atoms with Crippen molar-refractivity contribution >= 4 is 40.4 Å². The predicted octanol–water partition coefficient (Wildman–Crippen LogP) is 1.72. The number of amides is 3. The van der Waals surface area contributed by atoms with Crippen molar-refractivity contribution in [1.29, 1.82) is 0 Å². The number of rotatable bonds is 6. The average Bonchev–Trinajstić information content (AvgIpc) is 3.38. The molecule has 2 heterocycles. The molecule has 0 saturated carbocycles. The van der Waals surface area contributed by atoms with Crippen LogP contribution in [0.4, 0.5) is 11.4 Å². The topological polar surface area (TPSA) is 90.5 Å². The molecule has 0 spiro atoms. The summed E-state index contributed by atoms with van der Waals surface area (Å²) in [5.41, 5.74) is 1.68. The first-order valence-electron chi connectivity index (χ1n) is 8.86. The lowest BCUT2D eigenvalue weighted by Crippen LogP contribution is -2.42. The number of anilines is 2. The first-order chi connectivity index (χ1) is 13.1. The van der Waals surface area contributed by atoms with E-state index in [1.165, 1.54) is 11.3 Å². The molecule has 1 aromatic heterocycles. The van der Waals surface area contributed by atoms with Crippen molar-refractivity contribution in [3.8, 4) is 0 Å². The van der Waals surface area contributed by atoms with Gasteiger partial charge in [-0.15, -0.1) is 11.3 Å². The molecule has 0 radical (unpaired) electrons. The van der Waals surface area contributed by atoms with E-state index >= 15 is 0 Å². The van der Waals surface area contributed by atoms with Crippen LogP contribution >= 0.6 is 11.3 Å². The molecule has 142 valence electrons. The largest absolute Gasteiger partial charge is 0.370 e. The lowest BCUT2D eigenvalue weighted by molar-refractivity contribution is -0.139. The third-order valence-electron chi connectivity index (χ3n) is 4.24. The van der Waals surface area contributed by atoms with E-state index in [9.17, 15) is 14.4 Å². The molecular weight excluding hydrogens is 364 g/mol. The van der Waals surface area contributed by atoms with E-state index in [0.717, 1.165) is 36.5 Å². The van der Waals surface area contributed by atoms with Crippen LogP contribution in [0.3, 0.4) is 0 Å². The quantitative estimate of drug-likeness (QED) is 0.660. The lowest BCUT2D eigenvalue weighted by atomic mass is 10.2. The van der Waals surface area contributed by atoms with Gasteiger partial charge in [-0.25, -0.2) is 0 Å². The Bertz CT molecular complexity index is 801. The first-order valence-corrected chi connectivity index (χ1v) is 9.73. The smallest absolute Gasteiger partial charge is 0.309 e. The highest BCUT2D eigenvalue weighted by Gasteiger charge is 2.18. The fourth-order valence-corrected chi connectivity index (χ4v) is 3.55. The van der Waals surface area contributed by atoms with Gasteiger partial charge >= 0.3 is 11.8 Å². The van der Waals surface area contributed by atoms with E-state index in [2.05, 4.69) is 20.9 Å². The molecule has 1 aliphatic rings. The molecule has 3 N–H and O–H groups in total. The SMILES string of the molecule is O=C(CNC(=O)C(=O)NCc1cccs1)Nc1ccccc1N1CCCC1. The molecule has 27 heavy (non-hydrogen) atoms. The molecule has 8 heteroatoms. The Kier molecular flexibility index (Phi) is 6.43. The second kappa shape index (κ2) is 9.18. The van der Waals surface area contributed by atoms with Crippen LogP contribution in [0.15, 0.2) is 41.8 Å². The molecular formula is C19H22N4O3S. The number of nitrogens with zero attached hydrogens (tertiary/aromatic N) is 1. The molecule has 7 nitrogen and oxygen atoms in total. The van der Waals surface area contributed by atoms with E-state index < -0.39 is 11.8 Å². The third kappa shape index (κ3) is 5.30. The number of benzene rings is 1. The standard InChI is InChI=1S/C19H22N4O3S/c24-17(13-21-19(26)18(25)20-12-14-6-5-11-27-14)22-15-7-1-2-8-16(15)23-9-3-4-10-23/h1-2,5-8,11H,3-4,9-10,12-13H2,(H,20,25)(H,21,26)(H,22,24). The van der Waals surface area contributed by atoms with E-state index in [4.69, 9.17) is 0 Å². The minimum atomic E-state index is -0.825. The molecule has 0 unspecified atom stereocenters. The van der Waals surface area contributed by atoms with Crippen LogP contribution in [-0.2, 0) is 20.9 Å². The number of carbonyl (C=O) groups is 3. The third-order valence-corrected chi connectivity index (χ3v) is 5.12. The van der Waals surface area contributed by atoms with Crippen LogP contribution in [0.1, 0.15) is 17.7 Å². The number of hydrogen-bond donors (Lipinski definition) is 3. The van der Waals surface area contributed by atoms with Crippen molar-refractivity contribution in [1.82, 2.24) is 10.6 Å². The maximum atomic E-state index is 12.2. The maximum Gasteiger partial charge on any atom is 0.309 e. The summed E-state index contributed by atoms with van der Waals surface area (Å²) < 4.78 is 0. The van der Waals surface area contributed by atoms with Crippen LogP contribution in [0.2, 0.25) is 0 Å². The van der Waals surface area contributed by atoms with E-state index in [1.807, 2.05) is 41.8 Å². The molecule has 1 saturated heterocycles. The molecule has 1 aromatic carbocycles. The van der Waals surface area contributed by atoms with Crippen LogP contribution in [-0.4, -0.2) is 37.4 Å². The van der Waals surface area contributed by atoms with Gasteiger partial charge < -0.3 is 20.9 Å². The van der Waals surface area contributed by atoms with E-state index in [1.54, 1.807) is 0 Å². The van der Waals surface area contributed by atoms with Gasteiger partial charge in [0.2, 0.25) is 5.91 Å². The van der Waals surface area contributed by atoms with Crippen molar-refractivity contribution in [2.24, 2.45) is 0 Å². The van der Waals surface area contributed by atoms with Crippen molar-refractivity contribution < 1.29 is 14.4 Å². The molecule has 0 aliphatic carbocycles. The first kappa shape index (κ1) is 18.9. The molecule has 1 aliphatic heterocycles. The molecule has 1 fully saturated rings. The molecule has 2 aromatic rings. The van der Waals surface area contributed by atoms with Gasteiger partial charge in [0.05, 0.1) is 24.5 Å². The van der Waals surface area contributed by atoms with Crippen LogP contribution in [0, 0.1) is 0 Å². The number of nitrogens with one attached hydrogen (secondary N) is 3. The Balaban J connectivity index is 1.47. The minimum Gasteiger partial charge on any atom is -0.370 e. The highest BCUT2D eigenvalue weighted by Crippen LogP contribution is 2.28. The van der Waals surface area contributed by atoms with E-state index in [-0.39, 0.29) is 12.5 Å². The maximum absolute atomic E-state index is 12.2. The minimum absolute atomic E-state index is 0.264. The second-order valence-electron chi connectivity index (χ2n) is 6.20. The number of thiophene rings is 1. The van der Waals surface area contributed by atoms with Gasteiger partial charge in [-0.1, -0.05) is 18.2 Å². The fourth-order valence-electron chi connectivity index (χ4n) is 2.91. The van der Waals surface area contributed by atoms with Gasteiger partial charge in [0, 0.05) is 18.0 Å². The predicted molar refractivity (Wildman–Crippen MR) is 106 cm³/mol. The van der Waals surface area contributed by atoms with Gasteiger partial charge in [-0.2, -0.15) is 0 Å². The molecule has 0 atom stereocenters. The van der Waals surface area contributed by atoms with Crippen molar-refractivity contribution in [2.45, 2.75) is 19.4 Å². The van der Waals surface area contributed by atoms with Gasteiger partial charge in [0.15, 0.2) is 0 Å². The van der Waals surface area contributed by atoms with Crippen molar-refractivity contribution in [2.75, 3.05) is 29.9 Å². The Labute approximate surface area is 161 Å². The monoisotopic (exact) mass is 386 g/mol. The molecule has 0 bridgehead atoms. The van der Waals surface area contributed by atoms with Gasteiger partial charge in [-0.3, -0.25) is 14.4 Å². The Morgan fingerprint density at radius 2 is 1.70 bits per heavy atom. The van der Waals surface area contributed by atoms with Crippen LogP contribution in [0.5, 0.6) is 0 Å². The normalized spacial score (nSPS) is 13.3. The van der Waals surface area contributed by atoms with Gasteiger partial charge in [-0.05, 0) is 36.4 Å². The number of hydrogen-bond acceptors (Lipinski definition) is 5. The van der Waals surface area contributed by atoms with Crippen LogP contribution in [0.25, 0.3) is 0 Å². The summed E-state index contributed by atoms with van der Waals surface area (Å²) >= 11 is 1.49. The summed E-state index contributed by atoms with van der Waals surface area (Å²) in [6, 6.07) is 11.3.